The number of aromatic hydroxyl groups is 2. The highest BCUT2D eigenvalue weighted by atomic mass is 32.1. The smallest absolute Gasteiger partial charge is 0.251 e. The molecule has 0 spiro atoms. The highest BCUT2D eigenvalue weighted by Gasteiger charge is 2.09. The van der Waals surface area contributed by atoms with Gasteiger partial charge >= 0.3 is 0 Å². The van der Waals surface area contributed by atoms with Crippen LogP contribution in [0.5, 0.6) is 11.5 Å². The number of phenols is 2. The summed E-state index contributed by atoms with van der Waals surface area (Å²) in [6, 6.07) is 5.80. The Morgan fingerprint density at radius 3 is 2.50 bits per heavy atom. The highest BCUT2D eigenvalue weighted by Crippen LogP contribution is 2.20. The van der Waals surface area contributed by atoms with Gasteiger partial charge in [0.2, 0.25) is 0 Å². The second kappa shape index (κ2) is 5.10. The Morgan fingerprint density at radius 1 is 1.28 bits per heavy atom. The van der Waals surface area contributed by atoms with Crippen LogP contribution in [0.1, 0.15) is 20.8 Å². The zero-order valence-electron chi connectivity index (χ0n) is 9.80. The third kappa shape index (κ3) is 2.81. The summed E-state index contributed by atoms with van der Waals surface area (Å²) in [6.07, 6.45) is 0. The Morgan fingerprint density at radius 2 is 1.94 bits per heavy atom. The zero-order valence-corrected chi connectivity index (χ0v) is 10.6. The van der Waals surface area contributed by atoms with Crippen LogP contribution < -0.4 is 5.32 Å². The van der Waals surface area contributed by atoms with Crippen molar-refractivity contribution in [1.82, 2.24) is 5.32 Å². The quantitative estimate of drug-likeness (QED) is 0.796. The Kier molecular flexibility index (Phi) is 3.53. The van der Waals surface area contributed by atoms with Gasteiger partial charge in [0, 0.05) is 16.5 Å². The molecule has 0 saturated carbocycles. The van der Waals surface area contributed by atoms with E-state index in [1.165, 1.54) is 18.2 Å². The lowest BCUT2D eigenvalue weighted by Gasteiger charge is -2.06. The Hall–Kier alpha value is -2.01. The number of carbonyl (C=O) groups excluding carboxylic acids is 1. The first-order valence-electron chi connectivity index (χ1n) is 5.40. The fourth-order valence-electron chi connectivity index (χ4n) is 1.57. The number of thiophene rings is 1. The van der Waals surface area contributed by atoms with Crippen molar-refractivity contribution in [2.45, 2.75) is 13.5 Å². The van der Waals surface area contributed by atoms with Crippen molar-refractivity contribution < 1.29 is 15.0 Å². The maximum Gasteiger partial charge on any atom is 0.251 e. The SMILES string of the molecule is Cc1ccsc1CNC(=O)c1cc(O)cc(O)c1. The van der Waals surface area contributed by atoms with Gasteiger partial charge in [0.1, 0.15) is 11.5 Å². The molecule has 5 heteroatoms. The lowest BCUT2D eigenvalue weighted by Crippen LogP contribution is -2.22. The van der Waals surface area contributed by atoms with E-state index < -0.39 is 0 Å². The molecule has 94 valence electrons. The van der Waals surface area contributed by atoms with Gasteiger partial charge in [-0.2, -0.15) is 0 Å². The summed E-state index contributed by atoms with van der Waals surface area (Å²) in [4.78, 5) is 12.9. The van der Waals surface area contributed by atoms with Crippen LogP contribution in [-0.2, 0) is 6.54 Å². The molecule has 1 heterocycles. The molecule has 0 aliphatic rings. The van der Waals surface area contributed by atoms with Gasteiger partial charge in [-0.3, -0.25) is 4.79 Å². The van der Waals surface area contributed by atoms with Gasteiger partial charge in [0.25, 0.3) is 5.91 Å². The minimum atomic E-state index is -0.325. The van der Waals surface area contributed by atoms with E-state index in [1.807, 2.05) is 18.4 Å². The number of carbonyl (C=O) groups is 1. The number of amides is 1. The topological polar surface area (TPSA) is 69.6 Å². The van der Waals surface area contributed by atoms with Crippen molar-refractivity contribution in [3.63, 3.8) is 0 Å². The van der Waals surface area contributed by atoms with Crippen LogP contribution in [0, 0.1) is 6.92 Å². The summed E-state index contributed by atoms with van der Waals surface area (Å²) < 4.78 is 0. The van der Waals surface area contributed by atoms with Gasteiger partial charge in [-0.25, -0.2) is 0 Å². The Bertz CT molecular complexity index is 557. The fourth-order valence-corrected chi connectivity index (χ4v) is 2.42. The average Bonchev–Trinajstić information content (AvgIpc) is 2.70. The average molecular weight is 263 g/mol. The molecule has 3 N–H and O–H groups in total. The van der Waals surface area contributed by atoms with E-state index >= 15 is 0 Å². The molecule has 18 heavy (non-hydrogen) atoms. The van der Waals surface area contributed by atoms with Crippen molar-refractivity contribution in [3.05, 3.63) is 45.6 Å². The fraction of sp³-hybridized carbons (Fsp3) is 0.154. The summed E-state index contributed by atoms with van der Waals surface area (Å²) in [7, 11) is 0. The number of nitrogens with one attached hydrogen (secondary N) is 1. The lowest BCUT2D eigenvalue weighted by atomic mass is 10.2. The predicted molar refractivity (Wildman–Crippen MR) is 70.0 cm³/mol. The summed E-state index contributed by atoms with van der Waals surface area (Å²) in [5.74, 6) is -0.589. The van der Waals surface area contributed by atoms with Gasteiger partial charge in [0.05, 0.1) is 6.54 Å². The van der Waals surface area contributed by atoms with Gasteiger partial charge in [0.15, 0.2) is 0 Å². The molecule has 2 rings (SSSR count). The molecule has 0 fully saturated rings. The molecule has 1 aromatic carbocycles. The molecule has 0 aliphatic carbocycles. The molecule has 1 amide bonds. The van der Waals surface area contributed by atoms with E-state index in [0.717, 1.165) is 10.4 Å². The standard InChI is InChI=1S/C13H13NO3S/c1-8-2-3-18-12(8)7-14-13(17)9-4-10(15)6-11(16)5-9/h2-6,15-16H,7H2,1H3,(H,14,17). The first-order valence-corrected chi connectivity index (χ1v) is 6.28. The summed E-state index contributed by atoms with van der Waals surface area (Å²) >= 11 is 1.58. The summed E-state index contributed by atoms with van der Waals surface area (Å²) in [5, 5.41) is 23.3. The van der Waals surface area contributed by atoms with E-state index in [1.54, 1.807) is 11.3 Å². The molecule has 0 atom stereocenters. The van der Waals surface area contributed by atoms with Crippen LogP contribution >= 0.6 is 11.3 Å². The molecule has 0 radical (unpaired) electrons. The van der Waals surface area contributed by atoms with Crippen LogP contribution in [0.2, 0.25) is 0 Å². The number of aryl methyl sites for hydroxylation is 1. The number of hydrogen-bond acceptors (Lipinski definition) is 4. The lowest BCUT2D eigenvalue weighted by molar-refractivity contribution is 0.0950. The maximum atomic E-state index is 11.8. The zero-order chi connectivity index (χ0) is 13.1. The molecular weight excluding hydrogens is 250 g/mol. The van der Waals surface area contributed by atoms with Crippen LogP contribution in [0.3, 0.4) is 0 Å². The molecule has 0 saturated heterocycles. The number of phenolic OH excluding ortho intramolecular Hbond substituents is 2. The van der Waals surface area contributed by atoms with Crippen molar-refractivity contribution in [3.8, 4) is 11.5 Å². The van der Waals surface area contributed by atoms with Crippen LogP contribution in [0.25, 0.3) is 0 Å². The third-order valence-corrected chi connectivity index (χ3v) is 3.57. The predicted octanol–water partition coefficient (Wildman–Crippen LogP) is 2.40. The second-order valence-electron chi connectivity index (χ2n) is 3.95. The molecule has 0 unspecified atom stereocenters. The second-order valence-corrected chi connectivity index (χ2v) is 4.95. The van der Waals surface area contributed by atoms with Crippen molar-refractivity contribution >= 4 is 17.2 Å². The van der Waals surface area contributed by atoms with Gasteiger partial charge in [-0.1, -0.05) is 0 Å². The first kappa shape index (κ1) is 12.4. The van der Waals surface area contributed by atoms with E-state index in [0.29, 0.717) is 6.54 Å². The van der Waals surface area contributed by atoms with Gasteiger partial charge in [-0.15, -0.1) is 11.3 Å². The molecule has 1 aromatic heterocycles. The molecule has 0 aliphatic heterocycles. The van der Waals surface area contributed by atoms with Crippen LogP contribution in [0.4, 0.5) is 0 Å². The first-order chi connectivity index (χ1) is 8.56. The number of benzene rings is 1. The third-order valence-electron chi connectivity index (χ3n) is 2.54. The minimum absolute atomic E-state index is 0.132. The number of rotatable bonds is 3. The summed E-state index contributed by atoms with van der Waals surface area (Å²) in [6.45, 7) is 2.43. The Balaban J connectivity index is 2.06. The van der Waals surface area contributed by atoms with E-state index in [4.69, 9.17) is 0 Å². The monoisotopic (exact) mass is 263 g/mol. The molecule has 0 bridgehead atoms. The molecular formula is C13H13NO3S. The highest BCUT2D eigenvalue weighted by molar-refractivity contribution is 7.10. The van der Waals surface area contributed by atoms with Crippen molar-refractivity contribution in [1.29, 1.82) is 0 Å². The van der Waals surface area contributed by atoms with E-state index in [9.17, 15) is 15.0 Å². The van der Waals surface area contributed by atoms with Crippen LogP contribution in [0.15, 0.2) is 29.6 Å². The van der Waals surface area contributed by atoms with E-state index in [-0.39, 0.29) is 23.0 Å². The van der Waals surface area contributed by atoms with Crippen LogP contribution in [-0.4, -0.2) is 16.1 Å². The van der Waals surface area contributed by atoms with Crippen molar-refractivity contribution in [2.75, 3.05) is 0 Å². The largest absolute Gasteiger partial charge is 0.508 e. The Labute approximate surface area is 109 Å². The van der Waals surface area contributed by atoms with Gasteiger partial charge < -0.3 is 15.5 Å². The van der Waals surface area contributed by atoms with Gasteiger partial charge in [-0.05, 0) is 36.1 Å². The normalized spacial score (nSPS) is 10.3. The van der Waals surface area contributed by atoms with Crippen molar-refractivity contribution in [2.24, 2.45) is 0 Å². The minimum Gasteiger partial charge on any atom is -0.508 e. The maximum absolute atomic E-state index is 11.8. The number of hydrogen-bond donors (Lipinski definition) is 3. The molecule has 4 nitrogen and oxygen atoms in total. The van der Waals surface area contributed by atoms with E-state index in [2.05, 4.69) is 5.32 Å². The molecule has 2 aromatic rings. The summed E-state index contributed by atoms with van der Waals surface area (Å²) in [5.41, 5.74) is 1.38.